The number of aromatic nitrogens is 3. The summed E-state index contributed by atoms with van der Waals surface area (Å²) in [7, 11) is 1.49. The number of halogens is 4. The van der Waals surface area contributed by atoms with Crippen molar-refractivity contribution in [3.8, 4) is 5.88 Å². The number of alkyl halides is 3. The fourth-order valence-electron chi connectivity index (χ4n) is 2.91. The highest BCUT2D eigenvalue weighted by Gasteiger charge is 2.36. The van der Waals surface area contributed by atoms with Crippen LogP contribution in [0.3, 0.4) is 0 Å². The number of hydrogen-bond donors (Lipinski definition) is 1. The molecule has 0 saturated carbocycles. The topological polar surface area (TPSA) is 69.0 Å². The summed E-state index contributed by atoms with van der Waals surface area (Å²) in [5, 5.41) is 7.04. The zero-order valence-electron chi connectivity index (χ0n) is 15.8. The van der Waals surface area contributed by atoms with E-state index in [1.807, 2.05) is 0 Å². The van der Waals surface area contributed by atoms with Gasteiger partial charge in [-0.3, -0.25) is 9.48 Å². The molecule has 0 aliphatic rings. The molecule has 1 amide bonds. The van der Waals surface area contributed by atoms with E-state index < -0.39 is 23.8 Å². The van der Waals surface area contributed by atoms with E-state index in [0.717, 1.165) is 6.07 Å². The lowest BCUT2D eigenvalue weighted by atomic mass is 10.1. The van der Waals surface area contributed by atoms with Gasteiger partial charge >= 0.3 is 6.18 Å². The van der Waals surface area contributed by atoms with Gasteiger partial charge in [0.1, 0.15) is 0 Å². The number of amides is 1. The van der Waals surface area contributed by atoms with Crippen molar-refractivity contribution in [3.05, 3.63) is 52.2 Å². The molecule has 2 heterocycles. The van der Waals surface area contributed by atoms with Gasteiger partial charge in [0.05, 0.1) is 16.6 Å². The minimum atomic E-state index is -4.62. The number of hydrogen-bond acceptors (Lipinski definition) is 4. The quantitative estimate of drug-likeness (QED) is 0.668. The average molecular weight is 427 g/mol. The van der Waals surface area contributed by atoms with Gasteiger partial charge in [-0.25, -0.2) is 0 Å². The Kier molecular flexibility index (Phi) is 5.70. The van der Waals surface area contributed by atoms with Crippen LogP contribution < -0.4 is 10.1 Å². The molecule has 29 heavy (non-hydrogen) atoms. The summed E-state index contributed by atoms with van der Waals surface area (Å²) in [6.07, 6.45) is -5.69. The van der Waals surface area contributed by atoms with Gasteiger partial charge in [-0.2, -0.15) is 23.3 Å². The van der Waals surface area contributed by atoms with Gasteiger partial charge in [-0.15, -0.1) is 0 Å². The Labute approximate surface area is 169 Å². The minimum Gasteiger partial charge on any atom is -0.464 e. The third-order valence-corrected chi connectivity index (χ3v) is 4.70. The summed E-state index contributed by atoms with van der Waals surface area (Å²) < 4.78 is 47.2. The van der Waals surface area contributed by atoms with Crippen molar-refractivity contribution in [2.75, 3.05) is 0 Å². The van der Waals surface area contributed by atoms with Crippen molar-refractivity contribution >= 4 is 28.5 Å². The molecule has 3 rings (SSSR count). The summed E-state index contributed by atoms with van der Waals surface area (Å²) in [5.74, 6) is -0.824. The molecular weight excluding hydrogens is 409 g/mol. The SMILES string of the molecule is Cc1nn(C)c2nc(O[C@@H](C)C(=O)NCc3ccccc3Cl)cc(C(F)(F)F)c12. The third-order valence-electron chi connectivity index (χ3n) is 4.33. The standard InChI is InChI=1S/C19H18ClF3N4O2/c1-10-16-13(19(21,22)23)8-15(25-17(16)27(3)26-10)29-11(2)18(28)24-9-12-6-4-5-7-14(12)20/h4-8,11H,9H2,1-3H3,(H,24,28)/t11-/m0/s1. The first-order chi connectivity index (χ1) is 13.6. The second-order valence-electron chi connectivity index (χ2n) is 6.48. The number of nitrogens with zero attached hydrogens (tertiary/aromatic N) is 3. The van der Waals surface area contributed by atoms with Gasteiger partial charge in [0.25, 0.3) is 5.91 Å². The van der Waals surface area contributed by atoms with Crippen molar-refractivity contribution < 1.29 is 22.7 Å². The minimum absolute atomic E-state index is 0.0241. The number of ether oxygens (including phenoxy) is 1. The van der Waals surface area contributed by atoms with E-state index in [4.69, 9.17) is 16.3 Å². The Morgan fingerprint density at radius 2 is 2.03 bits per heavy atom. The Morgan fingerprint density at radius 3 is 2.69 bits per heavy atom. The van der Waals surface area contributed by atoms with Crippen LogP contribution in [-0.4, -0.2) is 26.8 Å². The molecule has 3 aromatic rings. The molecule has 0 unspecified atom stereocenters. The van der Waals surface area contributed by atoms with E-state index in [1.54, 1.807) is 24.3 Å². The molecule has 0 saturated heterocycles. The summed E-state index contributed by atoms with van der Waals surface area (Å²) in [4.78, 5) is 16.4. The van der Waals surface area contributed by atoms with Crippen molar-refractivity contribution in [1.82, 2.24) is 20.1 Å². The highest BCUT2D eigenvalue weighted by molar-refractivity contribution is 6.31. The number of rotatable bonds is 5. The predicted molar refractivity (Wildman–Crippen MR) is 102 cm³/mol. The van der Waals surface area contributed by atoms with Crippen LogP contribution in [0.2, 0.25) is 5.02 Å². The molecule has 0 aliphatic heterocycles. The number of carbonyl (C=O) groups excluding carboxylic acids is 1. The number of nitrogens with one attached hydrogen (secondary N) is 1. The number of aryl methyl sites for hydroxylation is 2. The maximum atomic E-state index is 13.5. The van der Waals surface area contributed by atoms with E-state index in [1.165, 1.54) is 25.6 Å². The smallest absolute Gasteiger partial charge is 0.417 e. The van der Waals surface area contributed by atoms with Crippen LogP contribution in [0.1, 0.15) is 23.7 Å². The predicted octanol–water partition coefficient (Wildman–Crippen LogP) is 4.03. The molecule has 1 atom stereocenters. The maximum absolute atomic E-state index is 13.5. The lowest BCUT2D eigenvalue weighted by molar-refractivity contribution is -0.136. The zero-order valence-corrected chi connectivity index (χ0v) is 16.6. The monoisotopic (exact) mass is 426 g/mol. The van der Waals surface area contributed by atoms with Gasteiger partial charge in [-0.1, -0.05) is 29.8 Å². The summed E-state index contributed by atoms with van der Waals surface area (Å²) in [6.45, 7) is 3.06. The molecular formula is C19H18ClF3N4O2. The van der Waals surface area contributed by atoms with Crippen LogP contribution in [0.15, 0.2) is 30.3 Å². The van der Waals surface area contributed by atoms with Crippen molar-refractivity contribution in [3.63, 3.8) is 0 Å². The first-order valence-corrected chi connectivity index (χ1v) is 9.05. The van der Waals surface area contributed by atoms with E-state index >= 15 is 0 Å². The van der Waals surface area contributed by atoms with E-state index in [9.17, 15) is 18.0 Å². The molecule has 0 bridgehead atoms. The van der Waals surface area contributed by atoms with Gasteiger partial charge in [0.2, 0.25) is 5.88 Å². The second-order valence-corrected chi connectivity index (χ2v) is 6.89. The van der Waals surface area contributed by atoms with E-state index in [0.29, 0.717) is 10.6 Å². The maximum Gasteiger partial charge on any atom is 0.417 e. The molecule has 6 nitrogen and oxygen atoms in total. The normalized spacial score (nSPS) is 12.8. The van der Waals surface area contributed by atoms with Crippen molar-refractivity contribution in [1.29, 1.82) is 0 Å². The summed E-state index contributed by atoms with van der Waals surface area (Å²) >= 11 is 6.04. The largest absolute Gasteiger partial charge is 0.464 e. The van der Waals surface area contributed by atoms with Gasteiger partial charge in [-0.05, 0) is 25.5 Å². The Balaban J connectivity index is 1.81. The molecule has 154 valence electrons. The van der Waals surface area contributed by atoms with E-state index in [2.05, 4.69) is 15.4 Å². The van der Waals surface area contributed by atoms with Crippen LogP contribution >= 0.6 is 11.6 Å². The molecule has 0 radical (unpaired) electrons. The van der Waals surface area contributed by atoms with Gasteiger partial charge in [0, 0.05) is 24.7 Å². The number of fused-ring (bicyclic) bond motifs is 1. The Morgan fingerprint density at radius 1 is 1.34 bits per heavy atom. The lowest BCUT2D eigenvalue weighted by Gasteiger charge is -2.16. The van der Waals surface area contributed by atoms with Crippen LogP contribution in [-0.2, 0) is 24.6 Å². The summed E-state index contributed by atoms with van der Waals surface area (Å²) in [5.41, 5.74) is 0.0289. The van der Waals surface area contributed by atoms with Crippen LogP contribution in [0.5, 0.6) is 5.88 Å². The van der Waals surface area contributed by atoms with Gasteiger partial charge < -0.3 is 10.1 Å². The van der Waals surface area contributed by atoms with Crippen molar-refractivity contribution in [2.24, 2.45) is 7.05 Å². The second kappa shape index (κ2) is 7.90. The molecule has 1 N–H and O–H groups in total. The van der Waals surface area contributed by atoms with Crippen LogP contribution in [0, 0.1) is 6.92 Å². The number of carbonyl (C=O) groups is 1. The number of benzene rings is 1. The fraction of sp³-hybridized carbons (Fsp3) is 0.316. The van der Waals surface area contributed by atoms with Gasteiger partial charge in [0.15, 0.2) is 11.8 Å². The molecule has 0 spiro atoms. The first kappa shape index (κ1) is 20.9. The molecule has 0 aliphatic carbocycles. The average Bonchev–Trinajstić information content (AvgIpc) is 2.93. The molecule has 10 heteroatoms. The number of pyridine rings is 1. The Hall–Kier alpha value is -2.81. The summed E-state index contributed by atoms with van der Waals surface area (Å²) in [6, 6.07) is 7.77. The third kappa shape index (κ3) is 4.45. The highest BCUT2D eigenvalue weighted by Crippen LogP contribution is 2.37. The van der Waals surface area contributed by atoms with Crippen molar-refractivity contribution in [2.45, 2.75) is 32.7 Å². The Bertz CT molecular complexity index is 1070. The molecule has 1 aromatic carbocycles. The lowest BCUT2D eigenvalue weighted by Crippen LogP contribution is -2.36. The van der Waals surface area contributed by atoms with Crippen LogP contribution in [0.25, 0.3) is 11.0 Å². The molecule has 2 aromatic heterocycles. The fourth-order valence-corrected chi connectivity index (χ4v) is 3.11. The highest BCUT2D eigenvalue weighted by atomic mass is 35.5. The molecule has 0 fully saturated rings. The van der Waals surface area contributed by atoms with E-state index in [-0.39, 0.29) is 29.2 Å². The zero-order chi connectivity index (χ0) is 21.3. The first-order valence-electron chi connectivity index (χ1n) is 8.67. The van der Waals surface area contributed by atoms with Crippen LogP contribution in [0.4, 0.5) is 13.2 Å².